The maximum atomic E-state index is 12.2. The molecule has 1 saturated carbocycles. The second-order valence-electron chi connectivity index (χ2n) is 7.29. The van der Waals surface area contributed by atoms with Gasteiger partial charge < -0.3 is 15.7 Å². The van der Waals surface area contributed by atoms with E-state index in [1.807, 2.05) is 6.92 Å². The Labute approximate surface area is 136 Å². The molecule has 0 bridgehead atoms. The van der Waals surface area contributed by atoms with Gasteiger partial charge in [0.15, 0.2) is 0 Å². The summed E-state index contributed by atoms with van der Waals surface area (Å²) < 4.78 is 0. The Morgan fingerprint density at radius 1 is 1.45 bits per heavy atom. The van der Waals surface area contributed by atoms with Crippen LogP contribution in [-0.2, 0) is 5.41 Å². The third-order valence-electron chi connectivity index (χ3n) is 4.25. The summed E-state index contributed by atoms with van der Waals surface area (Å²) in [5, 5.41) is 18.4. The molecule has 1 unspecified atom stereocenters. The molecule has 1 aromatic heterocycles. The summed E-state index contributed by atoms with van der Waals surface area (Å²) in [6.45, 7) is 8.32. The molecule has 3 N–H and O–H groups in total. The molecule has 1 fully saturated rings. The summed E-state index contributed by atoms with van der Waals surface area (Å²) in [6.07, 6.45) is 3.79. The normalized spacial score (nSPS) is 19.0. The molecule has 0 spiro atoms. The third-order valence-corrected chi connectivity index (χ3v) is 5.28. The highest BCUT2D eigenvalue weighted by molar-refractivity contribution is 7.09. The molecule has 124 valence electrons. The quantitative estimate of drug-likeness (QED) is 0.796. The Morgan fingerprint density at radius 2 is 2.09 bits per heavy atom. The number of rotatable bonds is 4. The summed E-state index contributed by atoms with van der Waals surface area (Å²) in [5.74, 6) is 0. The van der Waals surface area contributed by atoms with Crippen LogP contribution in [0.3, 0.4) is 0 Å². The van der Waals surface area contributed by atoms with Crippen LogP contribution in [0.4, 0.5) is 4.79 Å². The van der Waals surface area contributed by atoms with Gasteiger partial charge >= 0.3 is 6.03 Å². The van der Waals surface area contributed by atoms with Gasteiger partial charge in [-0.25, -0.2) is 9.78 Å². The number of hydrogen-bond acceptors (Lipinski definition) is 4. The molecule has 22 heavy (non-hydrogen) atoms. The van der Waals surface area contributed by atoms with E-state index in [1.54, 1.807) is 11.3 Å². The second kappa shape index (κ2) is 6.54. The molecular weight excluding hydrogens is 298 g/mol. The summed E-state index contributed by atoms with van der Waals surface area (Å²) in [5.41, 5.74) is 0.620. The number of thiazole rings is 1. The molecule has 0 radical (unpaired) electrons. The maximum absolute atomic E-state index is 12.2. The van der Waals surface area contributed by atoms with Crippen LogP contribution in [0.1, 0.15) is 70.1 Å². The van der Waals surface area contributed by atoms with Crippen molar-refractivity contribution in [1.29, 1.82) is 0 Å². The second-order valence-corrected chi connectivity index (χ2v) is 8.18. The molecule has 5 nitrogen and oxygen atoms in total. The lowest BCUT2D eigenvalue weighted by Gasteiger charge is -2.28. The van der Waals surface area contributed by atoms with E-state index in [9.17, 15) is 9.90 Å². The average molecular weight is 325 g/mol. The van der Waals surface area contributed by atoms with E-state index in [0.29, 0.717) is 0 Å². The highest BCUT2D eigenvalue weighted by atomic mass is 32.1. The van der Waals surface area contributed by atoms with Crippen LogP contribution in [0.25, 0.3) is 0 Å². The van der Waals surface area contributed by atoms with Gasteiger partial charge in [-0.1, -0.05) is 33.6 Å². The number of hydrogen-bond donors (Lipinski definition) is 3. The van der Waals surface area contributed by atoms with Crippen molar-refractivity contribution in [2.24, 2.45) is 0 Å². The first-order valence-electron chi connectivity index (χ1n) is 7.91. The van der Waals surface area contributed by atoms with Crippen LogP contribution in [0.15, 0.2) is 5.38 Å². The fourth-order valence-corrected chi connectivity index (χ4v) is 3.79. The fourth-order valence-electron chi connectivity index (χ4n) is 2.74. The number of carbonyl (C=O) groups excluding carboxylic acids is 1. The first-order valence-corrected chi connectivity index (χ1v) is 8.79. The summed E-state index contributed by atoms with van der Waals surface area (Å²) in [7, 11) is 0. The number of nitrogens with one attached hydrogen (secondary N) is 2. The molecule has 2 amide bonds. The highest BCUT2D eigenvalue weighted by Gasteiger charge is 2.35. The number of aromatic nitrogens is 1. The zero-order valence-electron chi connectivity index (χ0n) is 13.9. The maximum Gasteiger partial charge on any atom is 0.315 e. The Kier molecular flexibility index (Phi) is 5.12. The van der Waals surface area contributed by atoms with E-state index in [-0.39, 0.29) is 24.1 Å². The van der Waals surface area contributed by atoms with Gasteiger partial charge in [0.1, 0.15) is 5.01 Å². The van der Waals surface area contributed by atoms with Gasteiger partial charge in [0.25, 0.3) is 0 Å². The lowest BCUT2D eigenvalue weighted by molar-refractivity contribution is 0.162. The van der Waals surface area contributed by atoms with Gasteiger partial charge in [0, 0.05) is 10.8 Å². The number of urea groups is 1. The van der Waals surface area contributed by atoms with E-state index < -0.39 is 5.54 Å². The first-order chi connectivity index (χ1) is 10.3. The van der Waals surface area contributed by atoms with Gasteiger partial charge in [-0.05, 0) is 19.8 Å². The molecule has 0 saturated heterocycles. The summed E-state index contributed by atoms with van der Waals surface area (Å²) in [4.78, 5) is 16.8. The molecule has 1 aromatic rings. The standard InChI is InChI=1S/C16H27N3O2S/c1-11(13-18-12(9-22-13)15(2,3)4)17-14(21)19-16(10-20)7-5-6-8-16/h9,11,20H,5-8,10H2,1-4H3,(H2,17,19,21). The van der Waals surface area contributed by atoms with Crippen LogP contribution >= 0.6 is 11.3 Å². The Hall–Kier alpha value is -1.14. The lowest BCUT2D eigenvalue weighted by atomic mass is 9.93. The van der Waals surface area contributed by atoms with Crippen molar-refractivity contribution < 1.29 is 9.90 Å². The minimum Gasteiger partial charge on any atom is -0.394 e. The first kappa shape index (κ1) is 17.2. The Bertz CT molecular complexity index is 516. The topological polar surface area (TPSA) is 74.2 Å². The molecule has 1 heterocycles. The van der Waals surface area contributed by atoms with Gasteiger partial charge in [0.05, 0.1) is 23.9 Å². The highest BCUT2D eigenvalue weighted by Crippen LogP contribution is 2.29. The molecule has 1 atom stereocenters. The molecular formula is C16H27N3O2S. The van der Waals surface area contributed by atoms with Crippen molar-refractivity contribution in [3.05, 3.63) is 16.1 Å². The molecule has 6 heteroatoms. The molecule has 2 rings (SSSR count). The van der Waals surface area contributed by atoms with E-state index in [0.717, 1.165) is 36.4 Å². The smallest absolute Gasteiger partial charge is 0.315 e. The van der Waals surface area contributed by atoms with E-state index in [4.69, 9.17) is 0 Å². The molecule has 0 aromatic carbocycles. The number of aliphatic hydroxyl groups is 1. The largest absolute Gasteiger partial charge is 0.394 e. The van der Waals surface area contributed by atoms with Crippen LogP contribution in [0.5, 0.6) is 0 Å². The number of nitrogens with zero attached hydrogens (tertiary/aromatic N) is 1. The van der Waals surface area contributed by atoms with Crippen molar-refractivity contribution in [1.82, 2.24) is 15.6 Å². The predicted molar refractivity (Wildman–Crippen MR) is 89.2 cm³/mol. The predicted octanol–water partition coefficient (Wildman–Crippen LogP) is 3.11. The van der Waals surface area contributed by atoms with Crippen molar-refractivity contribution in [3.63, 3.8) is 0 Å². The summed E-state index contributed by atoms with van der Waals surface area (Å²) >= 11 is 1.57. The fraction of sp³-hybridized carbons (Fsp3) is 0.750. The van der Waals surface area contributed by atoms with Gasteiger partial charge in [-0.15, -0.1) is 11.3 Å². The lowest BCUT2D eigenvalue weighted by Crippen LogP contribution is -2.53. The van der Waals surface area contributed by atoms with Crippen LogP contribution in [-0.4, -0.2) is 28.3 Å². The van der Waals surface area contributed by atoms with Crippen LogP contribution < -0.4 is 10.6 Å². The Balaban J connectivity index is 1.95. The van der Waals surface area contributed by atoms with Crippen molar-refractivity contribution in [3.8, 4) is 0 Å². The number of aliphatic hydroxyl groups excluding tert-OH is 1. The number of carbonyl (C=O) groups is 1. The van der Waals surface area contributed by atoms with E-state index in [1.165, 1.54) is 0 Å². The van der Waals surface area contributed by atoms with Gasteiger partial charge in [0.2, 0.25) is 0 Å². The monoisotopic (exact) mass is 325 g/mol. The zero-order chi connectivity index (χ0) is 16.4. The third kappa shape index (κ3) is 3.98. The average Bonchev–Trinajstić information content (AvgIpc) is 3.06. The van der Waals surface area contributed by atoms with Crippen LogP contribution in [0, 0.1) is 0 Å². The van der Waals surface area contributed by atoms with Crippen molar-refractivity contribution >= 4 is 17.4 Å². The van der Waals surface area contributed by atoms with Crippen molar-refractivity contribution in [2.45, 2.75) is 70.4 Å². The molecule has 1 aliphatic rings. The van der Waals surface area contributed by atoms with E-state index >= 15 is 0 Å². The SMILES string of the molecule is CC(NC(=O)NC1(CO)CCCC1)c1nc(C(C)(C)C)cs1. The van der Waals surface area contributed by atoms with Crippen LogP contribution in [0.2, 0.25) is 0 Å². The molecule has 1 aliphatic carbocycles. The zero-order valence-corrected chi connectivity index (χ0v) is 14.7. The van der Waals surface area contributed by atoms with Gasteiger partial charge in [-0.2, -0.15) is 0 Å². The number of amides is 2. The van der Waals surface area contributed by atoms with E-state index in [2.05, 4.69) is 41.8 Å². The molecule has 0 aliphatic heterocycles. The van der Waals surface area contributed by atoms with Crippen molar-refractivity contribution in [2.75, 3.05) is 6.61 Å². The Morgan fingerprint density at radius 3 is 2.59 bits per heavy atom. The van der Waals surface area contributed by atoms with Gasteiger partial charge in [-0.3, -0.25) is 0 Å². The minimum absolute atomic E-state index is 0.000223. The minimum atomic E-state index is -0.441. The summed E-state index contributed by atoms with van der Waals surface area (Å²) in [6, 6.07) is -0.366.